The van der Waals surface area contributed by atoms with E-state index < -0.39 is 12.4 Å². The summed E-state index contributed by atoms with van der Waals surface area (Å²) >= 11 is 0. The fraction of sp³-hybridized carbons (Fsp3) is 0.778. The number of carboxylic acid groups (broad SMARTS) is 1. The molecule has 2 N–H and O–H groups in total. The van der Waals surface area contributed by atoms with Crippen molar-refractivity contribution in [3.63, 3.8) is 0 Å². The average Bonchev–Trinajstić information content (AvgIpc) is 2.02. The maximum atomic E-state index is 11.0. The van der Waals surface area contributed by atoms with E-state index in [2.05, 4.69) is 19.2 Å². The van der Waals surface area contributed by atoms with Crippen LogP contribution >= 0.6 is 0 Å². The summed E-state index contributed by atoms with van der Waals surface area (Å²) < 4.78 is 0. The standard InChI is InChI=1S/C9H15NO3/c1-5-3-7(6(5)2)10-8(11)4-9(12)13/h5-7H,3-4H2,1-2H3,(H,10,11)(H,12,13). The Kier molecular flexibility index (Phi) is 2.90. The highest BCUT2D eigenvalue weighted by atomic mass is 16.4. The predicted molar refractivity (Wildman–Crippen MR) is 47.1 cm³/mol. The van der Waals surface area contributed by atoms with Gasteiger partial charge in [-0.25, -0.2) is 0 Å². The first-order valence-corrected chi connectivity index (χ1v) is 4.52. The van der Waals surface area contributed by atoms with Crippen LogP contribution in [0.4, 0.5) is 0 Å². The lowest BCUT2D eigenvalue weighted by molar-refractivity contribution is -0.141. The van der Waals surface area contributed by atoms with Crippen molar-refractivity contribution in [2.24, 2.45) is 11.8 Å². The van der Waals surface area contributed by atoms with Crippen LogP contribution in [0, 0.1) is 11.8 Å². The Bertz CT molecular complexity index is 227. The number of amides is 1. The lowest BCUT2D eigenvalue weighted by Crippen LogP contribution is -2.50. The van der Waals surface area contributed by atoms with Crippen LogP contribution in [0.1, 0.15) is 26.7 Å². The topological polar surface area (TPSA) is 66.4 Å². The third-order valence-corrected chi connectivity index (χ3v) is 2.82. The summed E-state index contributed by atoms with van der Waals surface area (Å²) in [5, 5.41) is 11.1. The molecule has 1 fully saturated rings. The molecular weight excluding hydrogens is 170 g/mol. The highest BCUT2D eigenvalue weighted by Crippen LogP contribution is 2.33. The first-order valence-electron chi connectivity index (χ1n) is 4.52. The lowest BCUT2D eigenvalue weighted by Gasteiger charge is -2.41. The maximum absolute atomic E-state index is 11.0. The van der Waals surface area contributed by atoms with Crippen LogP contribution in [0.3, 0.4) is 0 Å². The van der Waals surface area contributed by atoms with Crippen LogP contribution in [0.15, 0.2) is 0 Å². The molecule has 1 saturated carbocycles. The number of rotatable bonds is 3. The minimum Gasteiger partial charge on any atom is -0.481 e. The van der Waals surface area contributed by atoms with Gasteiger partial charge in [-0.15, -0.1) is 0 Å². The maximum Gasteiger partial charge on any atom is 0.312 e. The van der Waals surface area contributed by atoms with E-state index >= 15 is 0 Å². The van der Waals surface area contributed by atoms with Gasteiger partial charge in [0.2, 0.25) is 5.91 Å². The number of hydrogen-bond acceptors (Lipinski definition) is 2. The molecule has 74 valence electrons. The quantitative estimate of drug-likeness (QED) is 0.633. The molecule has 1 rings (SSSR count). The van der Waals surface area contributed by atoms with Crippen LogP contribution in [0.25, 0.3) is 0 Å². The Labute approximate surface area is 77.3 Å². The van der Waals surface area contributed by atoms with Gasteiger partial charge in [-0.2, -0.15) is 0 Å². The van der Waals surface area contributed by atoms with Gasteiger partial charge >= 0.3 is 5.97 Å². The number of hydrogen-bond donors (Lipinski definition) is 2. The monoisotopic (exact) mass is 185 g/mol. The SMILES string of the molecule is CC1CC(NC(=O)CC(=O)O)C1C. The summed E-state index contributed by atoms with van der Waals surface area (Å²) in [5.41, 5.74) is 0. The van der Waals surface area contributed by atoms with E-state index in [-0.39, 0.29) is 11.9 Å². The van der Waals surface area contributed by atoms with E-state index in [9.17, 15) is 9.59 Å². The third kappa shape index (κ3) is 2.44. The first-order chi connectivity index (χ1) is 6.00. The molecule has 0 heterocycles. The molecule has 0 spiro atoms. The fourth-order valence-corrected chi connectivity index (χ4v) is 1.62. The molecule has 0 bridgehead atoms. The van der Waals surface area contributed by atoms with Crippen molar-refractivity contribution in [3.05, 3.63) is 0 Å². The van der Waals surface area contributed by atoms with E-state index in [1.54, 1.807) is 0 Å². The minimum absolute atomic E-state index is 0.182. The van der Waals surface area contributed by atoms with Gasteiger partial charge in [0.1, 0.15) is 6.42 Å². The fourth-order valence-electron chi connectivity index (χ4n) is 1.62. The van der Waals surface area contributed by atoms with E-state index in [0.29, 0.717) is 11.8 Å². The Morgan fingerprint density at radius 1 is 1.46 bits per heavy atom. The number of carbonyl (C=O) groups is 2. The molecule has 0 aromatic rings. The van der Waals surface area contributed by atoms with E-state index in [1.807, 2.05) is 0 Å². The minimum atomic E-state index is -1.07. The van der Waals surface area contributed by atoms with Gasteiger partial charge in [-0.3, -0.25) is 9.59 Å². The van der Waals surface area contributed by atoms with Gasteiger partial charge in [0.15, 0.2) is 0 Å². The molecule has 13 heavy (non-hydrogen) atoms. The summed E-state index contributed by atoms with van der Waals surface area (Å²) in [4.78, 5) is 21.2. The molecule has 3 atom stereocenters. The summed E-state index contributed by atoms with van der Waals surface area (Å²) in [6.45, 7) is 4.20. The third-order valence-electron chi connectivity index (χ3n) is 2.82. The Balaban J connectivity index is 2.26. The van der Waals surface area contributed by atoms with Gasteiger partial charge in [0, 0.05) is 6.04 Å². The Morgan fingerprint density at radius 2 is 2.08 bits per heavy atom. The summed E-state index contributed by atoms with van der Waals surface area (Å²) in [6.07, 6.45) is 0.546. The molecule has 3 unspecified atom stereocenters. The Morgan fingerprint density at radius 3 is 2.46 bits per heavy atom. The predicted octanol–water partition coefficient (Wildman–Crippen LogP) is 0.622. The molecule has 0 radical (unpaired) electrons. The largest absolute Gasteiger partial charge is 0.481 e. The van der Waals surface area contributed by atoms with Crippen LogP contribution in [0.5, 0.6) is 0 Å². The second-order valence-electron chi connectivity index (χ2n) is 3.82. The molecule has 1 aliphatic rings. The summed E-state index contributed by atoms with van der Waals surface area (Å²) in [7, 11) is 0. The molecule has 0 saturated heterocycles. The van der Waals surface area contributed by atoms with Crippen molar-refractivity contribution in [2.75, 3.05) is 0 Å². The molecule has 0 aromatic heterocycles. The average molecular weight is 185 g/mol. The molecule has 0 aliphatic heterocycles. The number of carbonyl (C=O) groups excluding carboxylic acids is 1. The highest BCUT2D eigenvalue weighted by Gasteiger charge is 2.35. The zero-order chi connectivity index (χ0) is 10.0. The highest BCUT2D eigenvalue weighted by molar-refractivity contribution is 5.93. The second-order valence-corrected chi connectivity index (χ2v) is 3.82. The number of carboxylic acids is 1. The van der Waals surface area contributed by atoms with Gasteiger partial charge < -0.3 is 10.4 Å². The second kappa shape index (κ2) is 3.77. The van der Waals surface area contributed by atoms with Crippen LogP contribution in [-0.2, 0) is 9.59 Å². The summed E-state index contributed by atoms with van der Waals surface area (Å²) in [6, 6.07) is 0.182. The van der Waals surface area contributed by atoms with Crippen molar-refractivity contribution in [2.45, 2.75) is 32.7 Å². The van der Waals surface area contributed by atoms with Gasteiger partial charge in [-0.1, -0.05) is 13.8 Å². The van der Waals surface area contributed by atoms with Crippen molar-refractivity contribution in [1.29, 1.82) is 0 Å². The zero-order valence-electron chi connectivity index (χ0n) is 7.91. The molecule has 4 nitrogen and oxygen atoms in total. The lowest BCUT2D eigenvalue weighted by atomic mass is 9.71. The van der Waals surface area contributed by atoms with Crippen LogP contribution in [-0.4, -0.2) is 23.0 Å². The van der Waals surface area contributed by atoms with Crippen molar-refractivity contribution in [1.82, 2.24) is 5.32 Å². The normalized spacial score (nSPS) is 32.0. The van der Waals surface area contributed by atoms with Gasteiger partial charge in [-0.05, 0) is 18.3 Å². The summed E-state index contributed by atoms with van der Waals surface area (Å²) in [5.74, 6) is -0.346. The molecule has 1 aliphatic carbocycles. The zero-order valence-corrected chi connectivity index (χ0v) is 7.91. The number of aliphatic carboxylic acids is 1. The number of nitrogens with one attached hydrogen (secondary N) is 1. The van der Waals surface area contributed by atoms with Crippen LogP contribution in [0.2, 0.25) is 0 Å². The van der Waals surface area contributed by atoms with Gasteiger partial charge in [0.25, 0.3) is 0 Å². The van der Waals surface area contributed by atoms with Crippen LogP contribution < -0.4 is 5.32 Å². The molecular formula is C9H15NO3. The van der Waals surface area contributed by atoms with E-state index in [0.717, 1.165) is 6.42 Å². The van der Waals surface area contributed by atoms with Crippen molar-refractivity contribution in [3.8, 4) is 0 Å². The molecule has 0 aromatic carbocycles. The molecule has 1 amide bonds. The van der Waals surface area contributed by atoms with Gasteiger partial charge in [0.05, 0.1) is 0 Å². The van der Waals surface area contributed by atoms with E-state index in [1.165, 1.54) is 0 Å². The first kappa shape index (κ1) is 10.0. The van der Waals surface area contributed by atoms with Crippen molar-refractivity contribution < 1.29 is 14.7 Å². The van der Waals surface area contributed by atoms with Crippen molar-refractivity contribution >= 4 is 11.9 Å². The molecule has 4 heteroatoms. The smallest absolute Gasteiger partial charge is 0.312 e. The van der Waals surface area contributed by atoms with E-state index in [4.69, 9.17) is 5.11 Å². The Hall–Kier alpha value is -1.06.